The summed E-state index contributed by atoms with van der Waals surface area (Å²) in [5.41, 5.74) is 11.6. The van der Waals surface area contributed by atoms with Crippen molar-refractivity contribution in [2.75, 3.05) is 10.6 Å². The molecular formula is C23H25FN6O4S. The number of nitrogens with zero attached hydrogens (tertiary/aromatic N) is 3. The molecule has 1 aliphatic carbocycles. The van der Waals surface area contributed by atoms with Gasteiger partial charge < -0.3 is 26.2 Å². The van der Waals surface area contributed by atoms with Gasteiger partial charge in [0.1, 0.15) is 22.6 Å². The Hall–Kier alpha value is -3.80. The predicted molar refractivity (Wildman–Crippen MR) is 128 cm³/mol. The molecule has 0 radical (unpaired) electrons. The summed E-state index contributed by atoms with van der Waals surface area (Å²) < 4.78 is 18.6. The smallest absolute Gasteiger partial charge is 0.273 e. The molecule has 0 saturated heterocycles. The Bertz CT molecular complexity index is 1270. The van der Waals surface area contributed by atoms with Crippen molar-refractivity contribution in [2.24, 2.45) is 5.73 Å². The molecule has 10 nitrogen and oxygen atoms in total. The Morgan fingerprint density at radius 1 is 1.23 bits per heavy atom. The largest absolute Gasteiger partial charge is 0.382 e. The number of anilines is 3. The van der Waals surface area contributed by atoms with Gasteiger partial charge in [-0.05, 0) is 51.0 Å². The summed E-state index contributed by atoms with van der Waals surface area (Å²) in [5, 5.41) is 6.90. The van der Waals surface area contributed by atoms with Crippen molar-refractivity contribution in [1.82, 2.24) is 15.5 Å². The van der Waals surface area contributed by atoms with Crippen molar-refractivity contribution in [3.8, 4) is 0 Å². The monoisotopic (exact) mass is 500 g/mol. The number of thiazole rings is 1. The number of primary amides is 1. The lowest BCUT2D eigenvalue weighted by Crippen LogP contribution is -2.43. The molecule has 5 N–H and O–H groups in total. The number of ketones is 1. The standard InChI is InChI=1S/C23H25FN6O4S/c1-12(20(26)32)30(14-7-5-13(24)6-8-14)22-27-19(25)18(35-22)17(31)16-11-15(29-34-16)21(33)28-23(2)9-3-4-10-23/h5-8,11-12H,3-4,9-10,25H2,1-2H3,(H2,26,32)(H,28,33). The summed E-state index contributed by atoms with van der Waals surface area (Å²) >= 11 is 0.909. The molecule has 1 fully saturated rings. The van der Waals surface area contributed by atoms with E-state index in [1.807, 2.05) is 6.92 Å². The van der Waals surface area contributed by atoms with Crippen LogP contribution in [0.2, 0.25) is 0 Å². The first-order chi connectivity index (χ1) is 16.6. The zero-order valence-corrected chi connectivity index (χ0v) is 20.0. The molecular weight excluding hydrogens is 475 g/mol. The van der Waals surface area contributed by atoms with Gasteiger partial charge in [-0.15, -0.1) is 0 Å². The summed E-state index contributed by atoms with van der Waals surface area (Å²) in [7, 11) is 0. The normalized spacial score (nSPS) is 15.5. The summed E-state index contributed by atoms with van der Waals surface area (Å²) in [6.07, 6.45) is 3.82. The maximum atomic E-state index is 13.4. The van der Waals surface area contributed by atoms with E-state index in [4.69, 9.17) is 16.0 Å². The lowest BCUT2D eigenvalue weighted by atomic mass is 10.0. The highest BCUT2D eigenvalue weighted by Crippen LogP contribution is 2.36. The van der Waals surface area contributed by atoms with E-state index in [2.05, 4.69) is 15.5 Å². The molecule has 4 rings (SSSR count). The van der Waals surface area contributed by atoms with E-state index < -0.39 is 29.5 Å². The molecule has 0 bridgehead atoms. The highest BCUT2D eigenvalue weighted by Gasteiger charge is 2.32. The maximum absolute atomic E-state index is 13.4. The maximum Gasteiger partial charge on any atom is 0.273 e. The molecule has 0 spiro atoms. The number of halogens is 1. The number of rotatable bonds is 8. The third-order valence-electron chi connectivity index (χ3n) is 6.05. The van der Waals surface area contributed by atoms with Crippen molar-refractivity contribution in [2.45, 2.75) is 51.1 Å². The first kappa shape index (κ1) is 24.3. The summed E-state index contributed by atoms with van der Waals surface area (Å²) in [4.78, 5) is 43.4. The van der Waals surface area contributed by atoms with E-state index in [1.54, 1.807) is 6.92 Å². The first-order valence-electron chi connectivity index (χ1n) is 11.0. The van der Waals surface area contributed by atoms with Gasteiger partial charge in [-0.1, -0.05) is 29.3 Å². The molecule has 0 aliphatic heterocycles. The number of hydrogen-bond acceptors (Lipinski definition) is 9. The highest BCUT2D eigenvalue weighted by atomic mass is 32.1. The fourth-order valence-electron chi connectivity index (χ4n) is 4.03. The molecule has 2 aromatic heterocycles. The number of carbonyl (C=O) groups is 3. The number of nitrogens with one attached hydrogen (secondary N) is 1. The summed E-state index contributed by atoms with van der Waals surface area (Å²) in [6.45, 7) is 3.53. The van der Waals surface area contributed by atoms with Crippen LogP contribution < -0.4 is 21.7 Å². The van der Waals surface area contributed by atoms with Gasteiger partial charge >= 0.3 is 0 Å². The van der Waals surface area contributed by atoms with Crippen LogP contribution in [-0.2, 0) is 4.79 Å². The molecule has 35 heavy (non-hydrogen) atoms. The van der Waals surface area contributed by atoms with Gasteiger partial charge in [0, 0.05) is 17.3 Å². The zero-order chi connectivity index (χ0) is 25.3. The van der Waals surface area contributed by atoms with Gasteiger partial charge in [-0.2, -0.15) is 0 Å². The topological polar surface area (TPSA) is 157 Å². The highest BCUT2D eigenvalue weighted by molar-refractivity contribution is 7.18. The van der Waals surface area contributed by atoms with Crippen LogP contribution >= 0.6 is 11.3 Å². The van der Waals surface area contributed by atoms with Crippen LogP contribution in [0.25, 0.3) is 0 Å². The van der Waals surface area contributed by atoms with Crippen LogP contribution in [0.5, 0.6) is 0 Å². The number of amides is 2. The molecule has 2 amide bonds. The van der Waals surface area contributed by atoms with Crippen LogP contribution in [0, 0.1) is 5.82 Å². The van der Waals surface area contributed by atoms with Crippen molar-refractivity contribution in [3.63, 3.8) is 0 Å². The number of nitrogens with two attached hydrogens (primary N) is 2. The van der Waals surface area contributed by atoms with Gasteiger partial charge in [0.05, 0.1) is 0 Å². The Morgan fingerprint density at radius 2 is 1.89 bits per heavy atom. The minimum absolute atomic E-state index is 0.0138. The average Bonchev–Trinajstić information content (AvgIpc) is 3.55. The molecule has 1 aromatic carbocycles. The van der Waals surface area contributed by atoms with Gasteiger partial charge in [-0.25, -0.2) is 9.37 Å². The van der Waals surface area contributed by atoms with E-state index >= 15 is 0 Å². The lowest BCUT2D eigenvalue weighted by Gasteiger charge is -2.26. The Morgan fingerprint density at radius 3 is 2.51 bits per heavy atom. The summed E-state index contributed by atoms with van der Waals surface area (Å²) in [5.74, 6) is -2.42. The number of benzene rings is 1. The first-order valence-corrected chi connectivity index (χ1v) is 11.8. The number of nitrogen functional groups attached to an aromatic ring is 1. The van der Waals surface area contributed by atoms with Crippen molar-refractivity contribution in [1.29, 1.82) is 0 Å². The number of aromatic nitrogens is 2. The third kappa shape index (κ3) is 5.02. The SMILES string of the molecule is CC(C(N)=O)N(c1ccc(F)cc1)c1nc(N)c(C(=O)c2cc(C(=O)NC3(C)CCCC3)no2)s1. The molecule has 1 aliphatic rings. The lowest BCUT2D eigenvalue weighted by molar-refractivity contribution is -0.118. The molecule has 1 saturated carbocycles. The van der Waals surface area contributed by atoms with E-state index in [0.717, 1.165) is 37.0 Å². The second-order valence-electron chi connectivity index (χ2n) is 8.76. The fraction of sp³-hybridized carbons (Fsp3) is 0.348. The quantitative estimate of drug-likeness (QED) is 0.398. The van der Waals surface area contributed by atoms with Crippen LogP contribution in [0.4, 0.5) is 21.0 Å². The minimum atomic E-state index is -0.869. The molecule has 12 heteroatoms. The van der Waals surface area contributed by atoms with Gasteiger partial charge in [-0.3, -0.25) is 14.4 Å². The van der Waals surface area contributed by atoms with Crippen LogP contribution in [0.15, 0.2) is 34.9 Å². The fourth-order valence-corrected chi connectivity index (χ4v) is 5.07. The van der Waals surface area contributed by atoms with Crippen molar-refractivity contribution in [3.05, 3.63) is 52.5 Å². The van der Waals surface area contributed by atoms with E-state index in [-0.39, 0.29) is 32.8 Å². The second-order valence-corrected chi connectivity index (χ2v) is 9.74. The van der Waals surface area contributed by atoms with Crippen molar-refractivity contribution >= 4 is 45.6 Å². The molecule has 1 atom stereocenters. The van der Waals surface area contributed by atoms with Crippen LogP contribution in [-0.4, -0.2) is 39.3 Å². The molecule has 3 aromatic rings. The average molecular weight is 501 g/mol. The Balaban J connectivity index is 1.60. The van der Waals surface area contributed by atoms with E-state index in [0.29, 0.717) is 5.69 Å². The molecule has 1 unspecified atom stereocenters. The van der Waals surface area contributed by atoms with E-state index in [1.165, 1.54) is 35.2 Å². The number of carbonyl (C=O) groups excluding carboxylic acids is 3. The third-order valence-corrected chi connectivity index (χ3v) is 7.12. The predicted octanol–water partition coefficient (Wildman–Crippen LogP) is 3.16. The Kier molecular flexibility index (Phi) is 6.57. The van der Waals surface area contributed by atoms with Crippen LogP contribution in [0.3, 0.4) is 0 Å². The molecule has 184 valence electrons. The zero-order valence-electron chi connectivity index (χ0n) is 19.2. The van der Waals surface area contributed by atoms with E-state index in [9.17, 15) is 18.8 Å². The number of hydrogen-bond donors (Lipinski definition) is 3. The Labute approximate surface area is 204 Å². The minimum Gasteiger partial charge on any atom is -0.382 e. The van der Waals surface area contributed by atoms with Gasteiger partial charge in [0.15, 0.2) is 10.8 Å². The van der Waals surface area contributed by atoms with Gasteiger partial charge in [0.2, 0.25) is 17.5 Å². The van der Waals surface area contributed by atoms with Crippen LogP contribution in [0.1, 0.15) is 65.5 Å². The molecule has 2 heterocycles. The van der Waals surface area contributed by atoms with Gasteiger partial charge in [0.25, 0.3) is 5.91 Å². The van der Waals surface area contributed by atoms with Crippen molar-refractivity contribution < 1.29 is 23.3 Å². The summed E-state index contributed by atoms with van der Waals surface area (Å²) in [6, 6.07) is 5.77. The second kappa shape index (κ2) is 9.45.